The van der Waals surface area contributed by atoms with Gasteiger partial charge in [-0.15, -0.1) is 6.58 Å². The molecule has 0 unspecified atom stereocenters. The van der Waals surface area contributed by atoms with E-state index in [2.05, 4.69) is 12.6 Å². The fraction of sp³-hybridized carbons (Fsp3) is 0.375. The number of anilines is 1. The fourth-order valence-electron chi connectivity index (χ4n) is 5.31. The van der Waals surface area contributed by atoms with Crippen molar-refractivity contribution in [2.45, 2.75) is 32.1 Å². The van der Waals surface area contributed by atoms with E-state index in [0.29, 0.717) is 35.4 Å². The number of ketones is 1. The van der Waals surface area contributed by atoms with Gasteiger partial charge in [0.25, 0.3) is 0 Å². The Morgan fingerprint density at radius 1 is 1.26 bits per heavy atom. The maximum Gasteiger partial charge on any atom is 0.248 e. The maximum absolute atomic E-state index is 14.1. The number of amides is 1. The molecule has 1 spiro atoms. The standard InChI is InChI=1S/C24H27N5O2/c1-6-11-28-17-10-8-7-9-15(17)24(22(28)31)16(14-25)21(26)29(27(4)5)18-12-23(2,3)13-19(30)20(18)24/h6-10H,1,11-13,26H2,2-5H3/t24-/m0/s1. The predicted octanol–water partition coefficient (Wildman–Crippen LogP) is 2.59. The first-order valence-corrected chi connectivity index (χ1v) is 10.3. The van der Waals surface area contributed by atoms with Crippen LogP contribution in [0.5, 0.6) is 0 Å². The van der Waals surface area contributed by atoms with E-state index >= 15 is 0 Å². The highest BCUT2D eigenvalue weighted by Gasteiger charge is 2.63. The summed E-state index contributed by atoms with van der Waals surface area (Å²) in [7, 11) is 3.62. The zero-order valence-corrected chi connectivity index (χ0v) is 18.4. The van der Waals surface area contributed by atoms with E-state index < -0.39 is 5.41 Å². The van der Waals surface area contributed by atoms with Crippen LogP contribution in [0.15, 0.2) is 59.6 Å². The summed E-state index contributed by atoms with van der Waals surface area (Å²) in [6, 6.07) is 9.54. The topological polar surface area (TPSA) is 93.7 Å². The van der Waals surface area contributed by atoms with E-state index in [-0.39, 0.29) is 35.0 Å². The van der Waals surface area contributed by atoms with E-state index in [4.69, 9.17) is 5.73 Å². The number of Topliss-reactive ketones (excluding diaryl/α,β-unsaturated/α-hetero) is 1. The molecule has 2 heterocycles. The Morgan fingerprint density at radius 3 is 2.55 bits per heavy atom. The monoisotopic (exact) mass is 417 g/mol. The lowest BCUT2D eigenvalue weighted by atomic mass is 9.61. The summed E-state index contributed by atoms with van der Waals surface area (Å²) in [5.74, 6) is -0.269. The van der Waals surface area contributed by atoms with Gasteiger partial charge in [0.05, 0.1) is 5.57 Å². The maximum atomic E-state index is 14.1. The molecular formula is C24H27N5O2. The van der Waals surface area contributed by atoms with E-state index in [1.165, 1.54) is 0 Å². The molecule has 1 aliphatic carbocycles. The summed E-state index contributed by atoms with van der Waals surface area (Å²) in [5.41, 5.74) is 7.20. The summed E-state index contributed by atoms with van der Waals surface area (Å²) in [4.78, 5) is 29.4. The average molecular weight is 418 g/mol. The zero-order chi connectivity index (χ0) is 22.7. The Balaban J connectivity index is 2.15. The molecule has 3 aliphatic rings. The number of nitrogens with zero attached hydrogens (tertiary/aromatic N) is 4. The number of carbonyl (C=O) groups is 2. The molecule has 0 radical (unpaired) electrons. The van der Waals surface area contributed by atoms with Crippen molar-refractivity contribution in [1.29, 1.82) is 5.26 Å². The molecule has 1 atom stereocenters. The number of para-hydroxylation sites is 1. The van der Waals surface area contributed by atoms with Crippen LogP contribution in [-0.4, -0.2) is 42.3 Å². The number of carbonyl (C=O) groups excluding carboxylic acids is 2. The van der Waals surface area contributed by atoms with E-state index in [0.717, 1.165) is 0 Å². The van der Waals surface area contributed by atoms with Crippen LogP contribution in [0.3, 0.4) is 0 Å². The fourth-order valence-corrected chi connectivity index (χ4v) is 5.31. The van der Waals surface area contributed by atoms with Crippen LogP contribution in [0.2, 0.25) is 0 Å². The Morgan fingerprint density at radius 2 is 1.94 bits per heavy atom. The second-order valence-corrected chi connectivity index (χ2v) is 9.27. The molecular weight excluding hydrogens is 390 g/mol. The minimum Gasteiger partial charge on any atom is -0.383 e. The van der Waals surface area contributed by atoms with Crippen LogP contribution in [0.1, 0.15) is 32.3 Å². The lowest BCUT2D eigenvalue weighted by molar-refractivity contribution is -0.125. The van der Waals surface area contributed by atoms with Crippen molar-refractivity contribution in [3.63, 3.8) is 0 Å². The molecule has 2 N–H and O–H groups in total. The molecule has 0 aromatic heterocycles. The van der Waals surface area contributed by atoms with Crippen LogP contribution in [-0.2, 0) is 15.0 Å². The van der Waals surface area contributed by atoms with Crippen LogP contribution >= 0.6 is 0 Å². The number of hydrazine groups is 1. The predicted molar refractivity (Wildman–Crippen MR) is 118 cm³/mol. The average Bonchev–Trinajstić information content (AvgIpc) is 2.91. The van der Waals surface area contributed by atoms with E-state index in [1.807, 2.05) is 52.2 Å². The smallest absolute Gasteiger partial charge is 0.248 e. The lowest BCUT2D eigenvalue weighted by Gasteiger charge is -2.48. The van der Waals surface area contributed by atoms with Gasteiger partial charge >= 0.3 is 0 Å². The molecule has 160 valence electrons. The number of hydrogen-bond acceptors (Lipinski definition) is 6. The van der Waals surface area contributed by atoms with Gasteiger partial charge in [0.2, 0.25) is 5.91 Å². The van der Waals surface area contributed by atoms with Gasteiger partial charge < -0.3 is 10.6 Å². The molecule has 7 nitrogen and oxygen atoms in total. The third kappa shape index (κ3) is 2.61. The largest absolute Gasteiger partial charge is 0.383 e. The Bertz CT molecular complexity index is 1120. The van der Waals surface area contributed by atoms with Gasteiger partial charge in [-0.3, -0.25) is 14.6 Å². The minimum atomic E-state index is -1.53. The second kappa shape index (κ2) is 6.82. The van der Waals surface area contributed by atoms with Crippen molar-refractivity contribution in [3.8, 4) is 6.07 Å². The number of rotatable bonds is 3. The highest BCUT2D eigenvalue weighted by atomic mass is 16.2. The first kappa shape index (κ1) is 20.9. The molecule has 0 saturated carbocycles. The first-order valence-electron chi connectivity index (χ1n) is 10.3. The number of hydrogen-bond donors (Lipinski definition) is 1. The second-order valence-electron chi connectivity index (χ2n) is 9.27. The van der Waals surface area contributed by atoms with Crippen molar-refractivity contribution in [3.05, 3.63) is 65.1 Å². The summed E-state index contributed by atoms with van der Waals surface area (Å²) in [5, 5.41) is 13.7. The highest BCUT2D eigenvalue weighted by Crippen LogP contribution is 2.57. The lowest BCUT2D eigenvalue weighted by Crippen LogP contribution is -2.55. The molecule has 0 bridgehead atoms. The molecule has 31 heavy (non-hydrogen) atoms. The SMILES string of the molecule is C=CCN1C(=O)[C@]2(C(C#N)=C(N)N(N(C)C)C3=C2C(=O)CC(C)(C)C3)c2ccccc21. The summed E-state index contributed by atoms with van der Waals surface area (Å²) in [6.45, 7) is 8.12. The van der Waals surface area contributed by atoms with Crippen molar-refractivity contribution >= 4 is 17.4 Å². The Kier molecular flexibility index (Phi) is 4.60. The van der Waals surface area contributed by atoms with Gasteiger partial charge in [-0.1, -0.05) is 38.1 Å². The zero-order valence-electron chi connectivity index (χ0n) is 18.4. The molecule has 0 saturated heterocycles. The van der Waals surface area contributed by atoms with Crippen LogP contribution < -0.4 is 10.6 Å². The van der Waals surface area contributed by atoms with Crippen molar-refractivity contribution < 1.29 is 9.59 Å². The summed E-state index contributed by atoms with van der Waals surface area (Å²) in [6.07, 6.45) is 2.50. The number of fused-ring (bicyclic) bond motifs is 3. The van der Waals surface area contributed by atoms with E-state index in [9.17, 15) is 14.9 Å². The van der Waals surface area contributed by atoms with Gasteiger partial charge in [0.1, 0.15) is 17.3 Å². The number of nitriles is 1. The van der Waals surface area contributed by atoms with Gasteiger partial charge in [-0.25, -0.2) is 5.01 Å². The quantitative estimate of drug-likeness (QED) is 0.760. The van der Waals surface area contributed by atoms with Gasteiger partial charge in [-0.2, -0.15) is 5.26 Å². The summed E-state index contributed by atoms with van der Waals surface area (Å²) < 4.78 is 0. The molecule has 2 aliphatic heterocycles. The van der Waals surface area contributed by atoms with Crippen molar-refractivity contribution in [2.24, 2.45) is 11.1 Å². The molecule has 4 rings (SSSR count). The Hall–Kier alpha value is -3.37. The normalized spacial score (nSPS) is 24.6. The van der Waals surface area contributed by atoms with Crippen LogP contribution in [0.25, 0.3) is 0 Å². The molecule has 7 heteroatoms. The van der Waals surface area contributed by atoms with E-state index in [1.54, 1.807) is 21.0 Å². The minimum absolute atomic E-state index is 0.0945. The molecule has 1 aromatic carbocycles. The molecule has 1 amide bonds. The van der Waals surface area contributed by atoms with Crippen LogP contribution in [0, 0.1) is 16.7 Å². The summed E-state index contributed by atoms with van der Waals surface area (Å²) >= 11 is 0. The first-order chi connectivity index (χ1) is 14.6. The van der Waals surface area contributed by atoms with Crippen molar-refractivity contribution in [1.82, 2.24) is 10.0 Å². The number of nitrogens with two attached hydrogens (primary N) is 1. The van der Waals surface area contributed by atoms with Crippen molar-refractivity contribution in [2.75, 3.05) is 25.5 Å². The molecule has 1 aromatic rings. The third-order valence-electron chi connectivity index (χ3n) is 6.33. The van der Waals surface area contributed by atoms with Gasteiger partial charge in [0, 0.05) is 49.6 Å². The van der Waals surface area contributed by atoms with Gasteiger partial charge in [-0.05, 0) is 17.9 Å². The van der Waals surface area contributed by atoms with Gasteiger partial charge in [0.15, 0.2) is 5.78 Å². The highest BCUT2D eigenvalue weighted by molar-refractivity contribution is 6.20. The van der Waals surface area contributed by atoms with Crippen LogP contribution in [0.4, 0.5) is 5.69 Å². The molecule has 0 fully saturated rings. The number of benzene rings is 1. The number of allylic oxidation sites excluding steroid dienone is 1. The third-order valence-corrected chi connectivity index (χ3v) is 6.33. The Labute approximate surface area is 182 Å².